The van der Waals surface area contributed by atoms with Gasteiger partial charge in [0.1, 0.15) is 5.60 Å². The zero-order valence-corrected chi connectivity index (χ0v) is 12.7. The molecule has 2 aliphatic heterocycles. The molecule has 0 aromatic carbocycles. The van der Waals surface area contributed by atoms with Gasteiger partial charge in [-0.25, -0.2) is 4.79 Å². The molecule has 2 saturated heterocycles. The molecule has 110 valence electrons. The Hall–Kier alpha value is -0.460. The van der Waals surface area contributed by atoms with Crippen LogP contribution in [-0.4, -0.2) is 48.2 Å². The molecule has 2 fully saturated rings. The van der Waals surface area contributed by atoms with Crippen molar-refractivity contribution in [3.05, 3.63) is 0 Å². The Kier molecular flexibility index (Phi) is 4.63. The number of hydrogen-bond acceptors (Lipinski definition) is 5. The van der Waals surface area contributed by atoms with Crippen LogP contribution in [0.3, 0.4) is 0 Å². The number of amides is 1. The standard InChI is InChI=1S/C13H23NO4S/c1-12(2,3)18-11(15)14-10-9-19-8-5-13(10)16-6-4-7-17-13/h10H,4-9H2,1-3H3,(H,14,15). The van der Waals surface area contributed by atoms with Gasteiger partial charge in [0, 0.05) is 12.2 Å². The van der Waals surface area contributed by atoms with Gasteiger partial charge in [-0.1, -0.05) is 0 Å². The van der Waals surface area contributed by atoms with E-state index in [1.54, 1.807) is 11.8 Å². The zero-order chi connectivity index (χ0) is 13.9. The Balaban J connectivity index is 1.98. The highest BCUT2D eigenvalue weighted by atomic mass is 32.2. The van der Waals surface area contributed by atoms with Crippen LogP contribution in [0.2, 0.25) is 0 Å². The minimum Gasteiger partial charge on any atom is -0.444 e. The molecule has 0 saturated carbocycles. The molecule has 0 radical (unpaired) electrons. The average Bonchev–Trinajstić information content (AvgIpc) is 2.31. The number of carbonyl (C=O) groups excluding carboxylic acids is 1. The normalized spacial score (nSPS) is 27.0. The highest BCUT2D eigenvalue weighted by Crippen LogP contribution is 2.34. The van der Waals surface area contributed by atoms with Crippen molar-refractivity contribution in [3.63, 3.8) is 0 Å². The maximum atomic E-state index is 11.9. The van der Waals surface area contributed by atoms with E-state index >= 15 is 0 Å². The number of nitrogens with one attached hydrogen (secondary N) is 1. The lowest BCUT2D eigenvalue weighted by atomic mass is 10.0. The van der Waals surface area contributed by atoms with E-state index in [2.05, 4.69) is 5.32 Å². The molecule has 0 aliphatic carbocycles. The Labute approximate surface area is 118 Å². The lowest BCUT2D eigenvalue weighted by Gasteiger charge is -2.45. The third-order valence-corrected chi connectivity index (χ3v) is 4.14. The summed E-state index contributed by atoms with van der Waals surface area (Å²) in [4.78, 5) is 11.9. The van der Waals surface area contributed by atoms with Crippen molar-refractivity contribution in [1.29, 1.82) is 0 Å². The molecule has 5 nitrogen and oxygen atoms in total. The van der Waals surface area contributed by atoms with Crippen LogP contribution in [0.15, 0.2) is 0 Å². The second-order valence-corrected chi connectivity index (χ2v) is 7.04. The van der Waals surface area contributed by atoms with Crippen LogP contribution >= 0.6 is 11.8 Å². The fourth-order valence-corrected chi connectivity index (χ4v) is 3.42. The van der Waals surface area contributed by atoms with Crippen molar-refractivity contribution < 1.29 is 19.0 Å². The first-order valence-corrected chi connectivity index (χ1v) is 7.92. The van der Waals surface area contributed by atoms with Crippen molar-refractivity contribution >= 4 is 17.9 Å². The summed E-state index contributed by atoms with van der Waals surface area (Å²) in [7, 11) is 0. The Bertz CT molecular complexity index is 315. The molecule has 2 aliphatic rings. The first-order chi connectivity index (χ1) is 8.91. The molecule has 6 heteroatoms. The van der Waals surface area contributed by atoms with Gasteiger partial charge in [0.15, 0.2) is 5.79 Å². The maximum absolute atomic E-state index is 11.9. The van der Waals surface area contributed by atoms with E-state index in [4.69, 9.17) is 14.2 Å². The number of rotatable bonds is 1. The van der Waals surface area contributed by atoms with Gasteiger partial charge in [0.05, 0.1) is 19.3 Å². The molecule has 2 heterocycles. The molecule has 2 rings (SSSR count). The van der Waals surface area contributed by atoms with Crippen molar-refractivity contribution in [2.45, 2.75) is 51.0 Å². The quantitative estimate of drug-likeness (QED) is 0.801. The Morgan fingerprint density at radius 3 is 2.68 bits per heavy atom. The average molecular weight is 289 g/mol. The summed E-state index contributed by atoms with van der Waals surface area (Å²) in [5.41, 5.74) is -0.493. The lowest BCUT2D eigenvalue weighted by Crippen LogP contribution is -2.61. The van der Waals surface area contributed by atoms with E-state index in [0.717, 1.165) is 24.3 Å². The molecule has 1 N–H and O–H groups in total. The predicted molar refractivity (Wildman–Crippen MR) is 74.4 cm³/mol. The summed E-state index contributed by atoms with van der Waals surface area (Å²) < 4.78 is 17.0. The monoisotopic (exact) mass is 289 g/mol. The highest BCUT2D eigenvalue weighted by Gasteiger charge is 2.46. The second kappa shape index (κ2) is 5.89. The van der Waals surface area contributed by atoms with E-state index in [1.807, 2.05) is 20.8 Å². The molecule has 19 heavy (non-hydrogen) atoms. The van der Waals surface area contributed by atoms with Gasteiger partial charge >= 0.3 is 6.09 Å². The van der Waals surface area contributed by atoms with Crippen LogP contribution in [0, 0.1) is 0 Å². The molecule has 0 bridgehead atoms. The zero-order valence-electron chi connectivity index (χ0n) is 11.9. The fraction of sp³-hybridized carbons (Fsp3) is 0.923. The van der Waals surface area contributed by atoms with Crippen LogP contribution < -0.4 is 5.32 Å². The van der Waals surface area contributed by atoms with E-state index in [-0.39, 0.29) is 6.04 Å². The van der Waals surface area contributed by atoms with Crippen LogP contribution in [0.1, 0.15) is 33.6 Å². The van der Waals surface area contributed by atoms with Crippen molar-refractivity contribution in [3.8, 4) is 0 Å². The lowest BCUT2D eigenvalue weighted by molar-refractivity contribution is -0.279. The van der Waals surface area contributed by atoms with Gasteiger partial charge in [0.2, 0.25) is 0 Å². The van der Waals surface area contributed by atoms with Crippen LogP contribution in [0.4, 0.5) is 4.79 Å². The fourth-order valence-electron chi connectivity index (χ4n) is 2.25. The van der Waals surface area contributed by atoms with Crippen LogP contribution in [-0.2, 0) is 14.2 Å². The van der Waals surface area contributed by atoms with Gasteiger partial charge in [0.25, 0.3) is 0 Å². The number of ether oxygens (including phenoxy) is 3. The predicted octanol–water partition coefficient (Wildman–Crippen LogP) is 2.15. The third-order valence-electron chi connectivity index (χ3n) is 3.08. The third kappa shape index (κ3) is 4.00. The molecule has 1 unspecified atom stereocenters. The van der Waals surface area contributed by atoms with E-state index in [0.29, 0.717) is 13.2 Å². The SMILES string of the molecule is CC(C)(C)OC(=O)NC1CSCCC12OCCCO2. The summed E-state index contributed by atoms with van der Waals surface area (Å²) in [5, 5.41) is 2.90. The first kappa shape index (κ1) is 14.9. The number of alkyl carbamates (subject to hydrolysis) is 1. The van der Waals surface area contributed by atoms with Gasteiger partial charge in [-0.15, -0.1) is 0 Å². The van der Waals surface area contributed by atoms with Crippen LogP contribution in [0.5, 0.6) is 0 Å². The highest BCUT2D eigenvalue weighted by molar-refractivity contribution is 7.99. The van der Waals surface area contributed by atoms with Crippen LogP contribution in [0.25, 0.3) is 0 Å². The molecule has 0 aromatic rings. The maximum Gasteiger partial charge on any atom is 0.408 e. The summed E-state index contributed by atoms with van der Waals surface area (Å²) in [6.45, 7) is 6.94. The number of carbonyl (C=O) groups is 1. The van der Waals surface area contributed by atoms with Crippen molar-refractivity contribution in [2.75, 3.05) is 24.7 Å². The Morgan fingerprint density at radius 1 is 1.37 bits per heavy atom. The molecular weight excluding hydrogens is 266 g/mol. The summed E-state index contributed by atoms with van der Waals surface area (Å²) in [6, 6.07) is -0.151. The molecular formula is C13H23NO4S. The van der Waals surface area contributed by atoms with E-state index < -0.39 is 17.5 Å². The van der Waals surface area contributed by atoms with Crippen molar-refractivity contribution in [2.24, 2.45) is 0 Å². The number of thioether (sulfide) groups is 1. The largest absolute Gasteiger partial charge is 0.444 e. The van der Waals surface area contributed by atoms with Gasteiger partial charge < -0.3 is 19.5 Å². The molecule has 1 atom stereocenters. The first-order valence-electron chi connectivity index (χ1n) is 6.76. The Morgan fingerprint density at radius 2 is 2.05 bits per heavy atom. The van der Waals surface area contributed by atoms with Crippen molar-refractivity contribution in [1.82, 2.24) is 5.32 Å². The molecule has 0 aromatic heterocycles. The molecule has 1 amide bonds. The van der Waals surface area contributed by atoms with E-state index in [1.165, 1.54) is 0 Å². The second-order valence-electron chi connectivity index (χ2n) is 5.89. The summed E-state index contributed by atoms with van der Waals surface area (Å²) >= 11 is 1.80. The van der Waals surface area contributed by atoms with Gasteiger partial charge in [-0.05, 0) is 32.9 Å². The smallest absolute Gasteiger partial charge is 0.408 e. The summed E-state index contributed by atoms with van der Waals surface area (Å²) in [6.07, 6.45) is 1.31. The topological polar surface area (TPSA) is 56.8 Å². The minimum atomic E-state index is -0.652. The van der Waals surface area contributed by atoms with Gasteiger partial charge in [-0.3, -0.25) is 0 Å². The summed E-state index contributed by atoms with van der Waals surface area (Å²) in [5.74, 6) is 1.13. The minimum absolute atomic E-state index is 0.151. The van der Waals surface area contributed by atoms with Gasteiger partial charge in [-0.2, -0.15) is 11.8 Å². The molecule has 1 spiro atoms. The van der Waals surface area contributed by atoms with E-state index in [9.17, 15) is 4.79 Å². The number of hydrogen-bond donors (Lipinski definition) is 1.